The number of carbonyl (C=O) groups is 2. The first-order valence-corrected chi connectivity index (χ1v) is 7.38. The highest BCUT2D eigenvalue weighted by Gasteiger charge is 2.10. The summed E-state index contributed by atoms with van der Waals surface area (Å²) in [5.74, 6) is -1.40. The summed E-state index contributed by atoms with van der Waals surface area (Å²) >= 11 is 12.7. The molecule has 2 aromatic rings. The third-order valence-electron chi connectivity index (χ3n) is 2.42. The fraction of sp³-hybridized carbons (Fsp3) is 0.167. The van der Waals surface area contributed by atoms with Crippen molar-refractivity contribution in [1.29, 1.82) is 0 Å². The number of rotatable bonds is 5. The van der Waals surface area contributed by atoms with Gasteiger partial charge in [-0.3, -0.25) is 4.79 Å². The van der Waals surface area contributed by atoms with Crippen molar-refractivity contribution in [3.63, 3.8) is 0 Å². The minimum Gasteiger partial charge on any atom is -0.476 e. The molecule has 6 nitrogen and oxygen atoms in total. The van der Waals surface area contributed by atoms with Crippen LogP contribution in [0.3, 0.4) is 0 Å². The summed E-state index contributed by atoms with van der Waals surface area (Å²) in [4.78, 5) is 30.2. The molecule has 0 aliphatic rings. The molecule has 2 rings (SSSR count). The number of carboxylic acids is 1. The smallest absolute Gasteiger partial charge is 0.355 e. The van der Waals surface area contributed by atoms with Crippen LogP contribution in [0.2, 0.25) is 10.3 Å². The van der Waals surface area contributed by atoms with Gasteiger partial charge in [0.1, 0.15) is 10.3 Å². The highest BCUT2D eigenvalue weighted by molar-refractivity contribution is 7.09. The summed E-state index contributed by atoms with van der Waals surface area (Å²) in [5.41, 5.74) is 0.319. The van der Waals surface area contributed by atoms with Gasteiger partial charge in [-0.2, -0.15) is 0 Å². The first-order valence-electron chi connectivity index (χ1n) is 5.74. The summed E-state index contributed by atoms with van der Waals surface area (Å²) in [6.07, 6.45) is 0.441. The molecule has 0 aliphatic heterocycles. The van der Waals surface area contributed by atoms with E-state index in [4.69, 9.17) is 28.3 Å². The van der Waals surface area contributed by atoms with Gasteiger partial charge in [-0.05, 0) is 12.1 Å². The van der Waals surface area contributed by atoms with Crippen LogP contribution in [0.25, 0.3) is 0 Å². The second-order valence-corrected chi connectivity index (χ2v) is 5.66. The lowest BCUT2D eigenvalue weighted by molar-refractivity contribution is 0.0690. The van der Waals surface area contributed by atoms with Crippen LogP contribution < -0.4 is 5.32 Å². The van der Waals surface area contributed by atoms with Gasteiger partial charge in [0.05, 0.1) is 5.01 Å². The monoisotopic (exact) mass is 345 g/mol. The molecule has 0 saturated carbocycles. The third kappa shape index (κ3) is 4.38. The molecule has 21 heavy (non-hydrogen) atoms. The zero-order valence-electron chi connectivity index (χ0n) is 10.5. The maximum atomic E-state index is 11.9. The molecule has 2 aromatic heterocycles. The number of aromatic carboxylic acids is 1. The molecule has 0 aromatic carbocycles. The number of amides is 1. The average molecular weight is 346 g/mol. The molecule has 9 heteroatoms. The molecule has 0 fully saturated rings. The topological polar surface area (TPSA) is 92.2 Å². The first kappa shape index (κ1) is 15.7. The van der Waals surface area contributed by atoms with Crippen molar-refractivity contribution < 1.29 is 14.7 Å². The SMILES string of the molecule is O=C(NCCc1nc(C(=O)O)cs1)c1cc(Cl)nc(Cl)c1. The van der Waals surface area contributed by atoms with Gasteiger partial charge in [-0.1, -0.05) is 23.2 Å². The zero-order chi connectivity index (χ0) is 15.4. The maximum absolute atomic E-state index is 11.9. The van der Waals surface area contributed by atoms with E-state index in [0.717, 1.165) is 0 Å². The molecule has 0 saturated heterocycles. The number of hydrogen-bond donors (Lipinski definition) is 2. The van der Waals surface area contributed by atoms with Crippen molar-refractivity contribution in [2.24, 2.45) is 0 Å². The quantitative estimate of drug-likeness (QED) is 0.812. The van der Waals surface area contributed by atoms with Gasteiger partial charge in [0, 0.05) is 23.9 Å². The molecule has 2 N–H and O–H groups in total. The summed E-state index contributed by atoms with van der Waals surface area (Å²) in [6, 6.07) is 2.82. The second kappa shape index (κ2) is 6.84. The number of pyridine rings is 1. The van der Waals surface area contributed by atoms with Gasteiger partial charge in [0.25, 0.3) is 5.91 Å². The van der Waals surface area contributed by atoms with Gasteiger partial charge < -0.3 is 10.4 Å². The molecule has 0 atom stereocenters. The lowest BCUT2D eigenvalue weighted by atomic mass is 10.2. The highest BCUT2D eigenvalue weighted by Crippen LogP contribution is 2.14. The van der Waals surface area contributed by atoms with Crippen LogP contribution in [0.4, 0.5) is 0 Å². The van der Waals surface area contributed by atoms with Gasteiger partial charge >= 0.3 is 5.97 Å². The minimum absolute atomic E-state index is 0.00836. The van der Waals surface area contributed by atoms with Crippen LogP contribution in [0.5, 0.6) is 0 Å². The van der Waals surface area contributed by atoms with Crippen LogP contribution in [0.15, 0.2) is 17.5 Å². The Morgan fingerprint density at radius 1 is 1.24 bits per heavy atom. The van der Waals surface area contributed by atoms with Crippen molar-refractivity contribution in [3.05, 3.63) is 44.1 Å². The van der Waals surface area contributed by atoms with E-state index in [2.05, 4.69) is 15.3 Å². The lowest BCUT2D eigenvalue weighted by Crippen LogP contribution is -2.25. The summed E-state index contributed by atoms with van der Waals surface area (Å²) in [5, 5.41) is 13.8. The zero-order valence-corrected chi connectivity index (χ0v) is 12.8. The molecule has 0 spiro atoms. The number of nitrogens with zero attached hydrogens (tertiary/aromatic N) is 2. The molecule has 0 unspecified atom stereocenters. The van der Waals surface area contributed by atoms with E-state index in [-0.39, 0.29) is 21.9 Å². The fourth-order valence-electron chi connectivity index (χ4n) is 1.50. The molecule has 110 valence electrons. The van der Waals surface area contributed by atoms with Crippen LogP contribution in [0, 0.1) is 0 Å². The summed E-state index contributed by atoms with van der Waals surface area (Å²) < 4.78 is 0. The number of halogens is 2. The Kier molecular flexibility index (Phi) is 5.11. The van der Waals surface area contributed by atoms with Crippen LogP contribution >= 0.6 is 34.5 Å². The Hall–Kier alpha value is -1.70. The van der Waals surface area contributed by atoms with E-state index >= 15 is 0 Å². The molecule has 0 aliphatic carbocycles. The Morgan fingerprint density at radius 2 is 1.90 bits per heavy atom. The van der Waals surface area contributed by atoms with E-state index in [9.17, 15) is 9.59 Å². The summed E-state index contributed by atoms with van der Waals surface area (Å²) in [6.45, 7) is 0.322. The Bertz CT molecular complexity index is 670. The van der Waals surface area contributed by atoms with Gasteiger partial charge in [-0.15, -0.1) is 11.3 Å². The van der Waals surface area contributed by atoms with Crippen molar-refractivity contribution in [2.45, 2.75) is 6.42 Å². The molecule has 0 bridgehead atoms. The van der Waals surface area contributed by atoms with E-state index in [1.54, 1.807) is 0 Å². The Morgan fingerprint density at radius 3 is 2.48 bits per heavy atom. The molecule has 0 radical (unpaired) electrons. The minimum atomic E-state index is -1.07. The maximum Gasteiger partial charge on any atom is 0.355 e. The lowest BCUT2D eigenvalue weighted by Gasteiger charge is -2.04. The number of aromatic nitrogens is 2. The van der Waals surface area contributed by atoms with Crippen molar-refractivity contribution in [1.82, 2.24) is 15.3 Å². The molecule has 2 heterocycles. The number of hydrogen-bond acceptors (Lipinski definition) is 5. The Labute approximate surface area is 133 Å². The normalized spacial score (nSPS) is 10.4. The van der Waals surface area contributed by atoms with Gasteiger partial charge in [0.2, 0.25) is 0 Å². The predicted octanol–water partition coefficient (Wildman–Crippen LogP) is 2.52. The largest absolute Gasteiger partial charge is 0.476 e. The van der Waals surface area contributed by atoms with Crippen LogP contribution in [0.1, 0.15) is 25.9 Å². The Balaban J connectivity index is 1.90. The van der Waals surface area contributed by atoms with Crippen LogP contribution in [-0.4, -0.2) is 33.5 Å². The first-order chi connectivity index (χ1) is 9.95. The number of carboxylic acid groups (broad SMARTS) is 1. The van der Waals surface area contributed by atoms with E-state index < -0.39 is 5.97 Å². The number of thiazole rings is 1. The van der Waals surface area contributed by atoms with Gasteiger partial charge in [0.15, 0.2) is 5.69 Å². The number of nitrogens with one attached hydrogen (secondary N) is 1. The highest BCUT2D eigenvalue weighted by atomic mass is 35.5. The number of carbonyl (C=O) groups excluding carboxylic acids is 1. The van der Waals surface area contributed by atoms with E-state index in [0.29, 0.717) is 23.5 Å². The van der Waals surface area contributed by atoms with Crippen molar-refractivity contribution in [3.8, 4) is 0 Å². The molecular formula is C12H9Cl2N3O3S. The predicted molar refractivity (Wildman–Crippen MR) is 79.4 cm³/mol. The molecular weight excluding hydrogens is 337 g/mol. The van der Waals surface area contributed by atoms with Crippen molar-refractivity contribution in [2.75, 3.05) is 6.54 Å². The average Bonchev–Trinajstić information content (AvgIpc) is 2.86. The summed E-state index contributed by atoms with van der Waals surface area (Å²) in [7, 11) is 0. The van der Waals surface area contributed by atoms with E-state index in [1.807, 2.05) is 0 Å². The van der Waals surface area contributed by atoms with Gasteiger partial charge in [-0.25, -0.2) is 14.8 Å². The van der Waals surface area contributed by atoms with Crippen LogP contribution in [-0.2, 0) is 6.42 Å². The standard InChI is InChI=1S/C12H9Cl2N3O3S/c13-8-3-6(4-9(14)17-8)11(18)15-2-1-10-16-7(5-21-10)12(19)20/h3-5H,1-2H2,(H,15,18)(H,19,20). The van der Waals surface area contributed by atoms with E-state index in [1.165, 1.54) is 28.8 Å². The second-order valence-electron chi connectivity index (χ2n) is 3.94. The molecule has 1 amide bonds. The van der Waals surface area contributed by atoms with Crippen molar-refractivity contribution >= 4 is 46.4 Å². The fourth-order valence-corrected chi connectivity index (χ4v) is 2.74. The third-order valence-corrected chi connectivity index (χ3v) is 3.72.